The standard InChI is InChI=1S/C30H23NO2/c1-29-20-13-5-7-15-22(20)30(2,23-16-8-6-14-21(23)29)26-25(29)27(32)31(28(26)33)24-17-9-11-18-10-3-4-12-19(18)24/h3-17,25-26H,1-2H3/t25-,26+,29?,30?. The third-order valence-electron chi connectivity index (χ3n) is 8.65. The van der Waals surface area contributed by atoms with Crippen LogP contribution in [0.5, 0.6) is 0 Å². The van der Waals surface area contributed by atoms with Gasteiger partial charge in [0.15, 0.2) is 0 Å². The Kier molecular flexibility index (Phi) is 3.41. The van der Waals surface area contributed by atoms with E-state index in [4.69, 9.17) is 0 Å². The van der Waals surface area contributed by atoms with Gasteiger partial charge in [-0.05, 0) is 33.7 Å². The van der Waals surface area contributed by atoms with Gasteiger partial charge in [0, 0.05) is 16.2 Å². The first-order valence-electron chi connectivity index (χ1n) is 11.5. The number of nitrogens with zero attached hydrogens (tertiary/aromatic N) is 1. The SMILES string of the molecule is CC12c3ccccc3C(C)(c3ccccc31)[C@H]1C(=O)N(c3cccc4ccccc34)C(=O)[C@H]12. The van der Waals surface area contributed by atoms with Gasteiger partial charge in [0.05, 0.1) is 17.5 Å². The van der Waals surface area contributed by atoms with Crippen LogP contribution in [0.2, 0.25) is 0 Å². The molecule has 0 N–H and O–H groups in total. The molecular formula is C30H23NO2. The van der Waals surface area contributed by atoms with Crippen LogP contribution in [0.15, 0.2) is 91.0 Å². The molecule has 0 unspecified atom stereocenters. The number of fused-ring (bicyclic) bond motifs is 1. The van der Waals surface area contributed by atoms with Gasteiger partial charge in [-0.3, -0.25) is 9.59 Å². The molecule has 160 valence electrons. The highest BCUT2D eigenvalue weighted by atomic mass is 16.2. The lowest BCUT2D eigenvalue weighted by atomic mass is 9.42. The van der Waals surface area contributed by atoms with Gasteiger partial charge in [-0.15, -0.1) is 0 Å². The van der Waals surface area contributed by atoms with Crippen LogP contribution >= 0.6 is 0 Å². The van der Waals surface area contributed by atoms with Crippen molar-refractivity contribution >= 4 is 28.3 Å². The van der Waals surface area contributed by atoms with E-state index in [9.17, 15) is 9.59 Å². The highest BCUT2D eigenvalue weighted by Crippen LogP contribution is 2.66. The first-order valence-corrected chi connectivity index (χ1v) is 11.5. The van der Waals surface area contributed by atoms with Crippen molar-refractivity contribution in [1.29, 1.82) is 0 Å². The first kappa shape index (κ1) is 18.8. The molecule has 33 heavy (non-hydrogen) atoms. The van der Waals surface area contributed by atoms with Crippen molar-refractivity contribution in [2.45, 2.75) is 24.7 Å². The summed E-state index contributed by atoms with van der Waals surface area (Å²) >= 11 is 0. The summed E-state index contributed by atoms with van der Waals surface area (Å²) in [5.41, 5.74) is 4.28. The second-order valence-corrected chi connectivity index (χ2v) is 9.96. The largest absolute Gasteiger partial charge is 0.274 e. The lowest BCUT2D eigenvalue weighted by Gasteiger charge is -2.57. The first-order chi connectivity index (χ1) is 16.0. The Morgan fingerprint density at radius 2 is 1.00 bits per heavy atom. The summed E-state index contributed by atoms with van der Waals surface area (Å²) in [5, 5.41) is 1.95. The third kappa shape index (κ3) is 1.98. The Morgan fingerprint density at radius 1 is 0.576 bits per heavy atom. The van der Waals surface area contributed by atoms with Crippen LogP contribution in [-0.4, -0.2) is 11.8 Å². The Balaban J connectivity index is 1.53. The van der Waals surface area contributed by atoms with Crippen LogP contribution < -0.4 is 4.90 Å². The number of carbonyl (C=O) groups is 2. The maximum absolute atomic E-state index is 14.3. The zero-order valence-corrected chi connectivity index (χ0v) is 18.6. The zero-order chi connectivity index (χ0) is 22.5. The summed E-state index contributed by atoms with van der Waals surface area (Å²) in [6, 6.07) is 30.6. The summed E-state index contributed by atoms with van der Waals surface area (Å²) in [7, 11) is 0. The quantitative estimate of drug-likeness (QED) is 0.370. The van der Waals surface area contributed by atoms with Gasteiger partial charge in [-0.2, -0.15) is 0 Å². The molecule has 3 aliphatic carbocycles. The summed E-state index contributed by atoms with van der Waals surface area (Å²) in [4.78, 5) is 30.0. The lowest BCUT2D eigenvalue weighted by molar-refractivity contribution is -0.124. The Labute approximate surface area is 192 Å². The van der Waals surface area contributed by atoms with Crippen LogP contribution in [-0.2, 0) is 20.4 Å². The van der Waals surface area contributed by atoms with Crippen molar-refractivity contribution in [2.24, 2.45) is 11.8 Å². The minimum atomic E-state index is -0.554. The van der Waals surface area contributed by atoms with Crippen molar-refractivity contribution in [3.8, 4) is 0 Å². The average Bonchev–Trinajstić information content (AvgIpc) is 3.13. The number of anilines is 1. The average molecular weight is 430 g/mol. The molecule has 0 aromatic heterocycles. The molecule has 0 saturated carbocycles. The summed E-state index contributed by atoms with van der Waals surface area (Å²) in [5.74, 6) is -1.03. The Hall–Kier alpha value is -3.72. The molecule has 4 aliphatic rings. The van der Waals surface area contributed by atoms with E-state index >= 15 is 0 Å². The topological polar surface area (TPSA) is 37.4 Å². The second kappa shape index (κ2) is 5.99. The number of rotatable bonds is 1. The molecule has 8 rings (SSSR count). The van der Waals surface area contributed by atoms with E-state index in [1.807, 2.05) is 42.5 Å². The monoisotopic (exact) mass is 429 g/mol. The van der Waals surface area contributed by atoms with Gasteiger partial charge in [-0.1, -0.05) is 98.8 Å². The molecule has 4 aromatic rings. The normalized spacial score (nSPS) is 29.2. The smallest absolute Gasteiger partial charge is 0.238 e. The molecular weight excluding hydrogens is 406 g/mol. The van der Waals surface area contributed by atoms with Crippen LogP contribution in [0, 0.1) is 11.8 Å². The molecule has 1 aliphatic heterocycles. The summed E-state index contributed by atoms with van der Waals surface area (Å²) in [6.07, 6.45) is 0. The van der Waals surface area contributed by atoms with Crippen molar-refractivity contribution in [3.63, 3.8) is 0 Å². The fourth-order valence-electron chi connectivity index (χ4n) is 7.21. The molecule has 3 heteroatoms. The van der Waals surface area contributed by atoms with E-state index in [2.05, 4.69) is 62.4 Å². The maximum atomic E-state index is 14.3. The molecule has 0 radical (unpaired) electrons. The van der Waals surface area contributed by atoms with Crippen LogP contribution in [0.4, 0.5) is 5.69 Å². The van der Waals surface area contributed by atoms with E-state index in [1.54, 1.807) is 0 Å². The second-order valence-electron chi connectivity index (χ2n) is 9.96. The lowest BCUT2D eigenvalue weighted by Crippen LogP contribution is -2.59. The van der Waals surface area contributed by atoms with E-state index in [-0.39, 0.29) is 11.8 Å². The number of hydrogen-bond acceptors (Lipinski definition) is 2. The van der Waals surface area contributed by atoms with E-state index in [0.717, 1.165) is 10.8 Å². The van der Waals surface area contributed by atoms with Gasteiger partial charge in [-0.25, -0.2) is 4.90 Å². The van der Waals surface area contributed by atoms with Crippen LogP contribution in [0.1, 0.15) is 36.1 Å². The van der Waals surface area contributed by atoms with Crippen molar-refractivity contribution in [3.05, 3.63) is 113 Å². The molecule has 2 bridgehead atoms. The molecule has 3 nitrogen and oxygen atoms in total. The van der Waals surface area contributed by atoms with Gasteiger partial charge in [0.1, 0.15) is 0 Å². The fourth-order valence-corrected chi connectivity index (χ4v) is 7.21. The van der Waals surface area contributed by atoms with Crippen LogP contribution in [0.25, 0.3) is 10.8 Å². The van der Waals surface area contributed by atoms with Crippen molar-refractivity contribution in [1.82, 2.24) is 0 Å². The summed E-state index contributed by atoms with van der Waals surface area (Å²) < 4.78 is 0. The van der Waals surface area contributed by atoms with Gasteiger partial charge in [0.2, 0.25) is 11.8 Å². The molecule has 4 aromatic carbocycles. The van der Waals surface area contributed by atoms with Crippen molar-refractivity contribution in [2.75, 3.05) is 4.90 Å². The Bertz CT molecular complexity index is 1390. The number of amides is 2. The number of carbonyl (C=O) groups excluding carboxylic acids is 2. The minimum Gasteiger partial charge on any atom is -0.274 e. The molecule has 2 atom stereocenters. The van der Waals surface area contributed by atoms with Gasteiger partial charge < -0.3 is 0 Å². The minimum absolute atomic E-state index is 0.0842. The maximum Gasteiger partial charge on any atom is 0.238 e. The molecule has 1 heterocycles. The van der Waals surface area contributed by atoms with Gasteiger partial charge >= 0.3 is 0 Å². The van der Waals surface area contributed by atoms with E-state index < -0.39 is 22.7 Å². The fraction of sp³-hybridized carbons (Fsp3) is 0.200. The van der Waals surface area contributed by atoms with E-state index in [0.29, 0.717) is 5.69 Å². The number of benzene rings is 4. The predicted octanol–water partition coefficient (Wildman–Crippen LogP) is 5.58. The molecule has 1 fully saturated rings. The van der Waals surface area contributed by atoms with Gasteiger partial charge in [0.25, 0.3) is 0 Å². The summed E-state index contributed by atoms with van der Waals surface area (Å²) in [6.45, 7) is 4.33. The highest BCUT2D eigenvalue weighted by molar-refractivity contribution is 6.26. The Morgan fingerprint density at radius 3 is 1.52 bits per heavy atom. The third-order valence-corrected chi connectivity index (χ3v) is 8.65. The molecule has 2 amide bonds. The number of hydrogen-bond donors (Lipinski definition) is 0. The number of imide groups is 1. The molecule has 1 saturated heterocycles. The van der Waals surface area contributed by atoms with Crippen molar-refractivity contribution < 1.29 is 9.59 Å². The molecule has 0 spiro atoms. The highest BCUT2D eigenvalue weighted by Gasteiger charge is 2.70. The van der Waals surface area contributed by atoms with Crippen LogP contribution in [0.3, 0.4) is 0 Å². The van der Waals surface area contributed by atoms with E-state index in [1.165, 1.54) is 27.2 Å². The predicted molar refractivity (Wildman–Crippen MR) is 129 cm³/mol. The zero-order valence-electron chi connectivity index (χ0n) is 18.6.